The standard InChI is InChI=1S/C15H25N3O/c1-17-6-7-18(15(9-16)11-17)10-13-4-3-5-14(8-13)12-19-2/h3-5,8,15H,6-7,9-12,16H2,1-2H3. The molecule has 0 amide bonds. The van der Waals surface area contributed by atoms with Crippen LogP contribution in [-0.4, -0.2) is 56.2 Å². The van der Waals surface area contributed by atoms with Gasteiger partial charge in [0, 0.05) is 45.9 Å². The van der Waals surface area contributed by atoms with Crippen molar-refractivity contribution >= 4 is 0 Å². The van der Waals surface area contributed by atoms with Crippen molar-refractivity contribution < 1.29 is 4.74 Å². The second-order valence-corrected chi connectivity index (χ2v) is 5.38. The second-order valence-electron chi connectivity index (χ2n) is 5.38. The third-order valence-corrected chi connectivity index (χ3v) is 3.77. The number of ether oxygens (including phenoxy) is 1. The van der Waals surface area contributed by atoms with E-state index in [0.29, 0.717) is 12.6 Å². The van der Waals surface area contributed by atoms with Gasteiger partial charge in [-0.05, 0) is 18.2 Å². The molecule has 0 saturated carbocycles. The summed E-state index contributed by atoms with van der Waals surface area (Å²) < 4.78 is 5.19. The minimum absolute atomic E-state index is 0.463. The van der Waals surface area contributed by atoms with Gasteiger partial charge in [0.15, 0.2) is 0 Å². The SMILES string of the molecule is COCc1cccc(CN2CCN(C)CC2CN)c1. The Bertz CT molecular complexity index is 397. The van der Waals surface area contributed by atoms with Crippen LogP contribution in [0, 0.1) is 0 Å². The summed E-state index contributed by atoms with van der Waals surface area (Å²) >= 11 is 0. The average Bonchev–Trinajstić information content (AvgIpc) is 2.41. The Morgan fingerprint density at radius 3 is 2.84 bits per heavy atom. The monoisotopic (exact) mass is 263 g/mol. The topological polar surface area (TPSA) is 41.7 Å². The van der Waals surface area contributed by atoms with Crippen LogP contribution >= 0.6 is 0 Å². The molecule has 0 spiro atoms. The van der Waals surface area contributed by atoms with Crippen LogP contribution in [0.2, 0.25) is 0 Å². The Kier molecular flexibility index (Phi) is 5.34. The van der Waals surface area contributed by atoms with Crippen LogP contribution in [0.4, 0.5) is 0 Å². The van der Waals surface area contributed by atoms with Crippen molar-refractivity contribution in [2.45, 2.75) is 19.2 Å². The van der Waals surface area contributed by atoms with Crippen molar-refractivity contribution in [3.05, 3.63) is 35.4 Å². The molecular formula is C15H25N3O. The number of hydrogen-bond acceptors (Lipinski definition) is 4. The highest BCUT2D eigenvalue weighted by atomic mass is 16.5. The molecule has 1 aromatic carbocycles. The van der Waals surface area contributed by atoms with Crippen LogP contribution in [0.15, 0.2) is 24.3 Å². The van der Waals surface area contributed by atoms with Gasteiger partial charge in [0.25, 0.3) is 0 Å². The third-order valence-electron chi connectivity index (χ3n) is 3.77. The Balaban J connectivity index is 2.01. The van der Waals surface area contributed by atoms with Gasteiger partial charge in [-0.1, -0.05) is 24.3 Å². The zero-order chi connectivity index (χ0) is 13.7. The molecule has 1 atom stereocenters. The molecule has 2 rings (SSSR count). The molecule has 1 saturated heterocycles. The smallest absolute Gasteiger partial charge is 0.0713 e. The molecule has 0 aliphatic carbocycles. The minimum Gasteiger partial charge on any atom is -0.380 e. The van der Waals surface area contributed by atoms with Gasteiger partial charge in [-0.2, -0.15) is 0 Å². The summed E-state index contributed by atoms with van der Waals surface area (Å²) in [7, 11) is 3.90. The maximum atomic E-state index is 5.90. The molecule has 0 aromatic heterocycles. The van der Waals surface area contributed by atoms with Gasteiger partial charge in [0.2, 0.25) is 0 Å². The van der Waals surface area contributed by atoms with Crippen LogP contribution in [0.5, 0.6) is 0 Å². The summed E-state index contributed by atoms with van der Waals surface area (Å²) in [4.78, 5) is 4.85. The summed E-state index contributed by atoms with van der Waals surface area (Å²) in [5, 5.41) is 0. The molecule has 19 heavy (non-hydrogen) atoms. The molecule has 0 bridgehead atoms. The quantitative estimate of drug-likeness (QED) is 0.857. The van der Waals surface area contributed by atoms with Crippen LogP contribution < -0.4 is 5.73 Å². The number of methoxy groups -OCH3 is 1. The number of piperazine rings is 1. The van der Waals surface area contributed by atoms with E-state index in [2.05, 4.69) is 41.1 Å². The fraction of sp³-hybridized carbons (Fsp3) is 0.600. The van der Waals surface area contributed by atoms with Crippen molar-refractivity contribution in [2.75, 3.05) is 40.3 Å². The van der Waals surface area contributed by atoms with Gasteiger partial charge >= 0.3 is 0 Å². The van der Waals surface area contributed by atoms with Crippen LogP contribution in [0.1, 0.15) is 11.1 Å². The zero-order valence-electron chi connectivity index (χ0n) is 12.0. The summed E-state index contributed by atoms with van der Waals surface area (Å²) in [5.74, 6) is 0. The largest absolute Gasteiger partial charge is 0.380 e. The van der Waals surface area contributed by atoms with Crippen molar-refractivity contribution in [3.63, 3.8) is 0 Å². The molecule has 1 aromatic rings. The molecular weight excluding hydrogens is 238 g/mol. The van der Waals surface area contributed by atoms with Crippen LogP contribution in [0.3, 0.4) is 0 Å². The van der Waals surface area contributed by atoms with Crippen molar-refractivity contribution in [3.8, 4) is 0 Å². The molecule has 1 aliphatic heterocycles. The first-order valence-corrected chi connectivity index (χ1v) is 6.92. The van der Waals surface area contributed by atoms with E-state index >= 15 is 0 Å². The molecule has 1 heterocycles. The number of rotatable bonds is 5. The highest BCUT2D eigenvalue weighted by Crippen LogP contribution is 2.14. The Morgan fingerprint density at radius 1 is 1.32 bits per heavy atom. The number of hydrogen-bond donors (Lipinski definition) is 1. The first-order chi connectivity index (χ1) is 9.22. The Hall–Kier alpha value is -0.940. The molecule has 106 valence electrons. The van der Waals surface area contributed by atoms with Crippen molar-refractivity contribution in [1.82, 2.24) is 9.80 Å². The van der Waals surface area contributed by atoms with E-state index in [0.717, 1.165) is 32.7 Å². The van der Waals surface area contributed by atoms with Crippen LogP contribution in [-0.2, 0) is 17.9 Å². The maximum absolute atomic E-state index is 5.90. The first-order valence-electron chi connectivity index (χ1n) is 6.92. The van der Waals surface area contributed by atoms with Gasteiger partial charge in [0.1, 0.15) is 0 Å². The predicted octanol–water partition coefficient (Wildman–Crippen LogP) is 0.908. The van der Waals surface area contributed by atoms with Gasteiger partial charge in [-0.3, -0.25) is 4.90 Å². The molecule has 1 fully saturated rings. The third kappa shape index (κ3) is 4.01. The summed E-state index contributed by atoms with van der Waals surface area (Å²) in [6, 6.07) is 9.10. The van der Waals surface area contributed by atoms with E-state index in [1.165, 1.54) is 11.1 Å². The number of benzene rings is 1. The summed E-state index contributed by atoms with van der Waals surface area (Å²) in [5.41, 5.74) is 8.48. The lowest BCUT2D eigenvalue weighted by atomic mass is 10.1. The van der Waals surface area contributed by atoms with E-state index in [4.69, 9.17) is 10.5 Å². The Morgan fingerprint density at radius 2 is 2.11 bits per heavy atom. The average molecular weight is 263 g/mol. The molecule has 4 nitrogen and oxygen atoms in total. The van der Waals surface area contributed by atoms with E-state index in [-0.39, 0.29) is 0 Å². The summed E-state index contributed by atoms with van der Waals surface area (Å²) in [6.07, 6.45) is 0. The first kappa shape index (κ1) is 14.5. The van der Waals surface area contributed by atoms with Gasteiger partial charge in [-0.25, -0.2) is 0 Å². The molecule has 1 aliphatic rings. The van der Waals surface area contributed by atoms with E-state index in [9.17, 15) is 0 Å². The second kappa shape index (κ2) is 7.01. The van der Waals surface area contributed by atoms with Crippen molar-refractivity contribution in [2.24, 2.45) is 5.73 Å². The lowest BCUT2D eigenvalue weighted by molar-refractivity contribution is 0.0880. The zero-order valence-corrected chi connectivity index (χ0v) is 12.0. The van der Waals surface area contributed by atoms with Gasteiger partial charge < -0.3 is 15.4 Å². The minimum atomic E-state index is 0.463. The highest BCUT2D eigenvalue weighted by Gasteiger charge is 2.23. The number of nitrogens with two attached hydrogens (primary N) is 1. The molecule has 0 radical (unpaired) electrons. The van der Waals surface area contributed by atoms with Gasteiger partial charge in [-0.15, -0.1) is 0 Å². The maximum Gasteiger partial charge on any atom is 0.0713 e. The summed E-state index contributed by atoms with van der Waals surface area (Å²) in [6.45, 7) is 5.65. The molecule has 4 heteroatoms. The number of likely N-dealkylation sites (N-methyl/N-ethyl adjacent to an activating group) is 1. The Labute approximate surface area is 116 Å². The van der Waals surface area contributed by atoms with E-state index < -0.39 is 0 Å². The van der Waals surface area contributed by atoms with Crippen LogP contribution in [0.25, 0.3) is 0 Å². The fourth-order valence-electron chi connectivity index (χ4n) is 2.70. The van der Waals surface area contributed by atoms with Gasteiger partial charge in [0.05, 0.1) is 6.61 Å². The molecule has 1 unspecified atom stereocenters. The van der Waals surface area contributed by atoms with E-state index in [1.807, 2.05) is 0 Å². The molecule has 2 N–H and O–H groups in total. The number of nitrogens with zero attached hydrogens (tertiary/aromatic N) is 2. The highest BCUT2D eigenvalue weighted by molar-refractivity contribution is 5.23. The normalized spacial score (nSPS) is 21.7. The lowest BCUT2D eigenvalue weighted by Crippen LogP contribution is -2.54. The van der Waals surface area contributed by atoms with E-state index in [1.54, 1.807) is 7.11 Å². The van der Waals surface area contributed by atoms with Crippen molar-refractivity contribution in [1.29, 1.82) is 0 Å². The predicted molar refractivity (Wildman–Crippen MR) is 77.9 cm³/mol. The fourth-order valence-corrected chi connectivity index (χ4v) is 2.70. The lowest BCUT2D eigenvalue weighted by Gasteiger charge is -2.39.